The van der Waals surface area contributed by atoms with Gasteiger partial charge in [-0.3, -0.25) is 9.59 Å². The second-order valence-electron chi connectivity index (χ2n) is 5.45. The van der Waals surface area contributed by atoms with Gasteiger partial charge < -0.3 is 4.42 Å². The van der Waals surface area contributed by atoms with E-state index in [4.69, 9.17) is 4.42 Å². The summed E-state index contributed by atoms with van der Waals surface area (Å²) in [6.45, 7) is 1.47. The number of hydrogen-bond acceptors (Lipinski definition) is 4. The monoisotopic (exact) mass is 325 g/mol. The number of aromatic nitrogens is 1. The molecule has 24 heavy (non-hydrogen) atoms. The number of carbonyl (C=O) groups is 2. The second-order valence-corrected chi connectivity index (χ2v) is 5.45. The lowest BCUT2D eigenvalue weighted by atomic mass is 9.91. The van der Waals surface area contributed by atoms with Gasteiger partial charge in [0.05, 0.1) is 0 Å². The van der Waals surface area contributed by atoms with Crippen LogP contribution in [-0.2, 0) is 0 Å². The van der Waals surface area contributed by atoms with Gasteiger partial charge in [0.2, 0.25) is 23.2 Å². The predicted octanol–water partition coefficient (Wildman–Crippen LogP) is 3.70. The summed E-state index contributed by atoms with van der Waals surface area (Å²) in [4.78, 5) is 28.8. The van der Waals surface area contributed by atoms with Crippen LogP contribution in [0.3, 0.4) is 0 Å². The van der Waals surface area contributed by atoms with Crippen molar-refractivity contribution in [3.8, 4) is 11.5 Å². The lowest BCUT2D eigenvalue weighted by Gasteiger charge is -2.10. The highest BCUT2D eigenvalue weighted by atomic mass is 19.1. The maximum Gasteiger partial charge on any atom is 0.233 e. The van der Waals surface area contributed by atoms with Gasteiger partial charge in [0.25, 0.3) is 0 Å². The van der Waals surface area contributed by atoms with E-state index in [1.807, 2.05) is 0 Å². The van der Waals surface area contributed by atoms with E-state index in [1.165, 1.54) is 25.1 Å². The zero-order valence-corrected chi connectivity index (χ0v) is 12.4. The molecule has 0 spiro atoms. The van der Waals surface area contributed by atoms with Crippen LogP contribution in [0.4, 0.5) is 8.78 Å². The largest absolute Gasteiger partial charge is 0.432 e. The quantitative estimate of drug-likeness (QED) is 0.535. The van der Waals surface area contributed by atoms with E-state index in [1.54, 1.807) is 12.1 Å². The molecule has 0 aliphatic heterocycles. The molecule has 0 saturated heterocycles. The van der Waals surface area contributed by atoms with Crippen molar-refractivity contribution in [1.29, 1.82) is 0 Å². The highest BCUT2D eigenvalue weighted by Crippen LogP contribution is 2.33. The van der Waals surface area contributed by atoms with E-state index in [0.717, 1.165) is 6.07 Å². The number of halogens is 2. The Kier molecular flexibility index (Phi) is 2.96. The first kappa shape index (κ1) is 14.4. The minimum atomic E-state index is -0.880. The fraction of sp³-hybridized carbons (Fsp3) is 0.0556. The topological polar surface area (TPSA) is 60.2 Å². The van der Waals surface area contributed by atoms with Crippen molar-refractivity contribution >= 4 is 11.6 Å². The second kappa shape index (κ2) is 4.92. The normalized spacial score (nSPS) is 13.0. The number of oxazole rings is 1. The Morgan fingerprint density at radius 2 is 1.62 bits per heavy atom. The van der Waals surface area contributed by atoms with Crippen molar-refractivity contribution in [3.63, 3.8) is 0 Å². The molecule has 4 nitrogen and oxygen atoms in total. The van der Waals surface area contributed by atoms with E-state index in [0.29, 0.717) is 0 Å². The molecule has 1 aliphatic carbocycles. The van der Waals surface area contributed by atoms with Gasteiger partial charge in [0.15, 0.2) is 5.69 Å². The summed E-state index contributed by atoms with van der Waals surface area (Å²) in [7, 11) is 0. The Balaban J connectivity index is 1.95. The maximum atomic E-state index is 14.3. The summed E-state index contributed by atoms with van der Waals surface area (Å²) < 4.78 is 33.6. The van der Waals surface area contributed by atoms with Crippen molar-refractivity contribution < 1.29 is 22.8 Å². The first-order chi connectivity index (χ1) is 11.5. The number of benzene rings is 2. The molecule has 6 heteroatoms. The van der Waals surface area contributed by atoms with Gasteiger partial charge in [-0.05, 0) is 18.6 Å². The molecule has 118 valence electrons. The molecule has 0 fully saturated rings. The Bertz CT molecular complexity index is 984. The van der Waals surface area contributed by atoms with E-state index >= 15 is 0 Å². The molecular weight excluding hydrogens is 316 g/mol. The Morgan fingerprint density at radius 1 is 0.958 bits per heavy atom. The van der Waals surface area contributed by atoms with Crippen molar-refractivity contribution in [2.45, 2.75) is 6.92 Å². The lowest BCUT2D eigenvalue weighted by molar-refractivity contribution is 0.0959. The van der Waals surface area contributed by atoms with Crippen molar-refractivity contribution in [2.24, 2.45) is 0 Å². The third-order valence-corrected chi connectivity index (χ3v) is 3.96. The van der Waals surface area contributed by atoms with Gasteiger partial charge in [-0.25, -0.2) is 13.8 Å². The van der Waals surface area contributed by atoms with Crippen LogP contribution in [0.15, 0.2) is 40.8 Å². The van der Waals surface area contributed by atoms with Crippen LogP contribution in [0.1, 0.15) is 37.7 Å². The van der Waals surface area contributed by atoms with Gasteiger partial charge in [-0.2, -0.15) is 0 Å². The van der Waals surface area contributed by atoms with Gasteiger partial charge in [-0.15, -0.1) is 0 Å². The standard InChI is InChI=1S/C18H9F2NO3/c1-8-6-7-11(19)12(13(8)20)18-21-14-15(22)9-4-2-3-5-10(9)16(23)17(14)24-18/h2-7H,1H3. The van der Waals surface area contributed by atoms with Gasteiger partial charge in [-0.1, -0.05) is 30.3 Å². The van der Waals surface area contributed by atoms with Gasteiger partial charge in [0.1, 0.15) is 17.2 Å². The molecule has 0 radical (unpaired) electrons. The molecule has 0 atom stereocenters. The van der Waals surface area contributed by atoms with Crippen LogP contribution in [0.5, 0.6) is 0 Å². The molecular formula is C18H9F2NO3. The number of rotatable bonds is 1. The molecule has 3 aromatic rings. The summed E-state index contributed by atoms with van der Waals surface area (Å²) in [5, 5.41) is 0. The average Bonchev–Trinajstić information content (AvgIpc) is 3.02. The van der Waals surface area contributed by atoms with Crippen molar-refractivity contribution in [1.82, 2.24) is 4.98 Å². The van der Waals surface area contributed by atoms with Crippen molar-refractivity contribution in [3.05, 3.63) is 76.2 Å². The molecule has 1 heterocycles. The molecule has 0 N–H and O–H groups in total. The van der Waals surface area contributed by atoms with Crippen LogP contribution < -0.4 is 0 Å². The molecule has 2 aromatic carbocycles. The maximum absolute atomic E-state index is 14.3. The third kappa shape index (κ3) is 1.86. The molecule has 1 aliphatic rings. The van der Waals surface area contributed by atoms with Gasteiger partial charge in [0, 0.05) is 11.1 Å². The molecule has 0 unspecified atom stereocenters. The fourth-order valence-electron chi connectivity index (χ4n) is 2.72. The Morgan fingerprint density at radius 3 is 2.33 bits per heavy atom. The van der Waals surface area contributed by atoms with E-state index in [9.17, 15) is 18.4 Å². The highest BCUT2D eigenvalue weighted by Gasteiger charge is 2.36. The summed E-state index contributed by atoms with van der Waals surface area (Å²) in [5.74, 6) is -3.49. The minimum Gasteiger partial charge on any atom is -0.432 e. The number of aryl methyl sites for hydroxylation is 1. The van der Waals surface area contributed by atoms with Crippen LogP contribution in [0.25, 0.3) is 11.5 Å². The zero-order valence-electron chi connectivity index (χ0n) is 12.4. The van der Waals surface area contributed by atoms with E-state index in [-0.39, 0.29) is 28.1 Å². The van der Waals surface area contributed by atoms with Crippen LogP contribution in [-0.4, -0.2) is 16.6 Å². The molecule has 0 amide bonds. The summed E-state index contributed by atoms with van der Waals surface area (Å²) >= 11 is 0. The fourth-order valence-corrected chi connectivity index (χ4v) is 2.72. The molecule has 0 saturated carbocycles. The average molecular weight is 325 g/mol. The number of nitrogens with zero attached hydrogens (tertiary/aromatic N) is 1. The molecule has 0 bridgehead atoms. The number of fused-ring (bicyclic) bond motifs is 2. The Hall–Kier alpha value is -3.15. The van der Waals surface area contributed by atoms with Crippen LogP contribution in [0.2, 0.25) is 0 Å². The number of ketones is 2. The lowest BCUT2D eigenvalue weighted by Crippen LogP contribution is -2.19. The SMILES string of the molecule is Cc1ccc(F)c(-c2nc3c(o2)C(=O)c2ccccc2C3=O)c1F. The first-order valence-corrected chi connectivity index (χ1v) is 7.13. The van der Waals surface area contributed by atoms with Crippen LogP contribution >= 0.6 is 0 Å². The van der Waals surface area contributed by atoms with E-state index in [2.05, 4.69) is 4.98 Å². The summed E-state index contributed by atoms with van der Waals surface area (Å²) in [5.41, 5.74) is -0.144. The molecule has 1 aromatic heterocycles. The third-order valence-electron chi connectivity index (χ3n) is 3.96. The first-order valence-electron chi connectivity index (χ1n) is 7.13. The molecule has 4 rings (SSSR count). The van der Waals surface area contributed by atoms with Crippen LogP contribution in [0, 0.1) is 18.6 Å². The Labute approximate surface area is 134 Å². The summed E-state index contributed by atoms with van der Waals surface area (Å²) in [6.07, 6.45) is 0. The van der Waals surface area contributed by atoms with Crippen molar-refractivity contribution in [2.75, 3.05) is 0 Å². The van der Waals surface area contributed by atoms with E-state index < -0.39 is 34.7 Å². The summed E-state index contributed by atoms with van der Waals surface area (Å²) in [6, 6.07) is 8.59. The minimum absolute atomic E-state index is 0.183. The number of hydrogen-bond donors (Lipinski definition) is 0. The predicted molar refractivity (Wildman–Crippen MR) is 79.9 cm³/mol. The number of carbonyl (C=O) groups excluding carboxylic acids is 2. The highest BCUT2D eigenvalue weighted by molar-refractivity contribution is 6.26. The smallest absolute Gasteiger partial charge is 0.233 e. The zero-order chi connectivity index (χ0) is 17.0. The van der Waals surface area contributed by atoms with Gasteiger partial charge >= 0.3 is 0 Å².